The van der Waals surface area contributed by atoms with Crippen molar-refractivity contribution in [3.05, 3.63) is 82.4 Å². The van der Waals surface area contributed by atoms with Crippen LogP contribution < -0.4 is 10.9 Å². The average Bonchev–Trinajstić information content (AvgIpc) is 3.13. The molecule has 140 valence electrons. The SMILES string of the molecule is Cc1ccc(NC(=O)Cn2cnc3cc(-c4ccccc4)sc3c2=O)cc1C. The van der Waals surface area contributed by atoms with Crippen LogP contribution in [0, 0.1) is 13.8 Å². The van der Waals surface area contributed by atoms with Gasteiger partial charge in [0.25, 0.3) is 5.56 Å². The Hall–Kier alpha value is -3.25. The molecule has 0 fully saturated rings. The van der Waals surface area contributed by atoms with E-state index in [1.807, 2.05) is 68.4 Å². The number of anilines is 1. The Balaban J connectivity index is 1.58. The topological polar surface area (TPSA) is 64.0 Å². The summed E-state index contributed by atoms with van der Waals surface area (Å²) in [6.45, 7) is 3.94. The number of aromatic nitrogens is 2. The molecule has 1 amide bonds. The third kappa shape index (κ3) is 3.59. The molecular formula is C22H19N3O2S. The van der Waals surface area contributed by atoms with Gasteiger partial charge in [-0.2, -0.15) is 0 Å². The third-order valence-electron chi connectivity index (χ3n) is 4.67. The summed E-state index contributed by atoms with van der Waals surface area (Å²) in [6, 6.07) is 17.5. The maximum atomic E-state index is 12.8. The first-order chi connectivity index (χ1) is 13.5. The molecule has 0 aliphatic heterocycles. The molecule has 0 saturated carbocycles. The van der Waals surface area contributed by atoms with Crippen LogP contribution >= 0.6 is 11.3 Å². The van der Waals surface area contributed by atoms with Gasteiger partial charge in [0.1, 0.15) is 11.2 Å². The van der Waals surface area contributed by atoms with Crippen molar-refractivity contribution in [3.63, 3.8) is 0 Å². The van der Waals surface area contributed by atoms with Crippen molar-refractivity contribution in [2.75, 3.05) is 5.32 Å². The molecule has 4 aromatic rings. The molecule has 1 N–H and O–H groups in total. The Morgan fingerprint density at radius 2 is 1.86 bits per heavy atom. The largest absolute Gasteiger partial charge is 0.325 e. The number of thiophene rings is 1. The zero-order chi connectivity index (χ0) is 19.7. The van der Waals surface area contributed by atoms with Gasteiger partial charge in [0, 0.05) is 10.6 Å². The van der Waals surface area contributed by atoms with Crippen molar-refractivity contribution < 1.29 is 4.79 Å². The van der Waals surface area contributed by atoms with Crippen molar-refractivity contribution in [3.8, 4) is 10.4 Å². The van der Waals surface area contributed by atoms with Gasteiger partial charge in [-0.05, 0) is 48.7 Å². The molecule has 2 aromatic carbocycles. The second-order valence-electron chi connectivity index (χ2n) is 6.72. The molecule has 0 aliphatic carbocycles. The van der Waals surface area contributed by atoms with E-state index in [1.165, 1.54) is 22.2 Å². The molecule has 2 aromatic heterocycles. The minimum Gasteiger partial charge on any atom is -0.325 e. The highest BCUT2D eigenvalue weighted by atomic mass is 32.1. The monoisotopic (exact) mass is 389 g/mol. The maximum absolute atomic E-state index is 12.8. The molecule has 0 unspecified atom stereocenters. The minimum absolute atomic E-state index is 0.0761. The van der Waals surface area contributed by atoms with E-state index in [4.69, 9.17) is 0 Å². The third-order valence-corrected chi connectivity index (χ3v) is 5.83. The Bertz CT molecular complexity index is 1230. The van der Waals surface area contributed by atoms with Crippen LogP contribution in [-0.4, -0.2) is 15.5 Å². The van der Waals surface area contributed by atoms with Crippen LogP contribution in [0.2, 0.25) is 0 Å². The van der Waals surface area contributed by atoms with Crippen LogP contribution in [0.5, 0.6) is 0 Å². The quantitative estimate of drug-likeness (QED) is 0.563. The van der Waals surface area contributed by atoms with Gasteiger partial charge in [-0.3, -0.25) is 14.2 Å². The van der Waals surface area contributed by atoms with Gasteiger partial charge in [-0.15, -0.1) is 11.3 Å². The Morgan fingerprint density at radius 3 is 2.61 bits per heavy atom. The van der Waals surface area contributed by atoms with E-state index in [0.29, 0.717) is 10.2 Å². The van der Waals surface area contributed by atoms with Gasteiger partial charge in [0.2, 0.25) is 5.91 Å². The van der Waals surface area contributed by atoms with Crippen molar-refractivity contribution in [2.45, 2.75) is 20.4 Å². The summed E-state index contributed by atoms with van der Waals surface area (Å²) in [5.41, 5.74) is 4.48. The van der Waals surface area contributed by atoms with E-state index in [9.17, 15) is 9.59 Å². The zero-order valence-electron chi connectivity index (χ0n) is 15.6. The number of hydrogen-bond acceptors (Lipinski definition) is 4. The summed E-state index contributed by atoms with van der Waals surface area (Å²) in [5.74, 6) is -0.258. The first-order valence-corrected chi connectivity index (χ1v) is 9.74. The number of aryl methyl sites for hydroxylation is 2. The van der Waals surface area contributed by atoms with E-state index in [-0.39, 0.29) is 18.0 Å². The number of rotatable bonds is 4. The number of nitrogens with zero attached hydrogens (tertiary/aromatic N) is 2. The number of carbonyl (C=O) groups excluding carboxylic acids is 1. The molecule has 0 aliphatic rings. The Labute approximate surface area is 166 Å². The van der Waals surface area contributed by atoms with Crippen molar-refractivity contribution in [1.29, 1.82) is 0 Å². The number of fused-ring (bicyclic) bond motifs is 1. The standard InChI is InChI=1S/C22H19N3O2S/c1-14-8-9-17(10-15(14)2)24-20(26)12-25-13-23-18-11-19(28-21(18)22(25)27)16-6-4-3-5-7-16/h3-11,13H,12H2,1-2H3,(H,24,26). The fourth-order valence-corrected chi connectivity index (χ4v) is 4.04. The van der Waals surface area contributed by atoms with Gasteiger partial charge < -0.3 is 5.32 Å². The number of nitrogens with one attached hydrogen (secondary N) is 1. The summed E-state index contributed by atoms with van der Waals surface area (Å²) in [4.78, 5) is 30.6. The van der Waals surface area contributed by atoms with Crippen molar-refractivity contribution >= 4 is 33.1 Å². The molecule has 4 rings (SSSR count). The molecule has 0 bridgehead atoms. The van der Waals surface area contributed by atoms with Crippen LogP contribution in [0.15, 0.2) is 65.7 Å². The predicted octanol–water partition coefficient (Wildman–Crippen LogP) is 4.38. The lowest BCUT2D eigenvalue weighted by Crippen LogP contribution is -2.27. The van der Waals surface area contributed by atoms with Crippen molar-refractivity contribution in [1.82, 2.24) is 9.55 Å². The molecule has 0 saturated heterocycles. The Kier molecular flexibility index (Phi) is 4.79. The highest BCUT2D eigenvalue weighted by molar-refractivity contribution is 7.22. The van der Waals surface area contributed by atoms with Gasteiger partial charge in [-0.25, -0.2) is 4.98 Å². The van der Waals surface area contributed by atoms with Gasteiger partial charge in [0.05, 0.1) is 11.8 Å². The summed E-state index contributed by atoms with van der Waals surface area (Å²) in [5, 5.41) is 2.84. The average molecular weight is 389 g/mol. The number of carbonyl (C=O) groups is 1. The summed E-state index contributed by atoms with van der Waals surface area (Å²) < 4.78 is 1.91. The highest BCUT2D eigenvalue weighted by Crippen LogP contribution is 2.30. The van der Waals surface area contributed by atoms with E-state index in [2.05, 4.69) is 10.3 Å². The predicted molar refractivity (Wildman–Crippen MR) is 114 cm³/mol. The van der Waals surface area contributed by atoms with E-state index >= 15 is 0 Å². The Morgan fingerprint density at radius 1 is 1.07 bits per heavy atom. The molecule has 5 nitrogen and oxygen atoms in total. The van der Waals surface area contributed by atoms with Crippen LogP contribution in [0.25, 0.3) is 20.7 Å². The van der Waals surface area contributed by atoms with Gasteiger partial charge in [0.15, 0.2) is 0 Å². The highest BCUT2D eigenvalue weighted by Gasteiger charge is 2.12. The fraction of sp³-hybridized carbons (Fsp3) is 0.136. The first kappa shape index (κ1) is 18.1. The fourth-order valence-electron chi connectivity index (χ4n) is 2.98. The van der Waals surface area contributed by atoms with Gasteiger partial charge in [-0.1, -0.05) is 36.4 Å². The smallest absolute Gasteiger partial charge is 0.271 e. The summed E-state index contributed by atoms with van der Waals surface area (Å²) in [6.07, 6.45) is 1.44. The van der Waals surface area contributed by atoms with E-state index in [1.54, 1.807) is 0 Å². The number of benzene rings is 2. The maximum Gasteiger partial charge on any atom is 0.271 e. The van der Waals surface area contributed by atoms with E-state index in [0.717, 1.165) is 27.3 Å². The summed E-state index contributed by atoms with van der Waals surface area (Å²) in [7, 11) is 0. The molecule has 28 heavy (non-hydrogen) atoms. The lowest BCUT2D eigenvalue weighted by Gasteiger charge is -2.09. The van der Waals surface area contributed by atoms with Gasteiger partial charge >= 0.3 is 0 Å². The van der Waals surface area contributed by atoms with Crippen LogP contribution in [-0.2, 0) is 11.3 Å². The molecular weight excluding hydrogens is 370 g/mol. The van der Waals surface area contributed by atoms with Crippen LogP contribution in [0.4, 0.5) is 5.69 Å². The zero-order valence-corrected chi connectivity index (χ0v) is 16.4. The number of hydrogen-bond donors (Lipinski definition) is 1. The molecule has 0 spiro atoms. The molecule has 6 heteroatoms. The number of amides is 1. The minimum atomic E-state index is -0.258. The summed E-state index contributed by atoms with van der Waals surface area (Å²) >= 11 is 1.40. The van der Waals surface area contributed by atoms with E-state index < -0.39 is 0 Å². The second kappa shape index (κ2) is 7.40. The lowest BCUT2D eigenvalue weighted by molar-refractivity contribution is -0.116. The molecule has 2 heterocycles. The molecule has 0 radical (unpaired) electrons. The lowest BCUT2D eigenvalue weighted by atomic mass is 10.1. The normalized spacial score (nSPS) is 10.9. The second-order valence-corrected chi connectivity index (χ2v) is 7.77. The first-order valence-electron chi connectivity index (χ1n) is 8.93. The van der Waals surface area contributed by atoms with Crippen LogP contribution in [0.1, 0.15) is 11.1 Å². The molecule has 0 atom stereocenters. The van der Waals surface area contributed by atoms with Crippen molar-refractivity contribution in [2.24, 2.45) is 0 Å². The van der Waals surface area contributed by atoms with Crippen LogP contribution in [0.3, 0.4) is 0 Å².